The third-order valence-corrected chi connectivity index (χ3v) is 6.50. The van der Waals surface area contributed by atoms with Crippen LogP contribution in [0.3, 0.4) is 0 Å². The Hall–Kier alpha value is -3.12. The van der Waals surface area contributed by atoms with Gasteiger partial charge in [-0.3, -0.25) is 0 Å². The van der Waals surface area contributed by atoms with Crippen molar-refractivity contribution in [1.82, 2.24) is 5.32 Å². The normalized spacial score (nSPS) is 17.8. The number of fused-ring (bicyclic) bond motifs is 3. The van der Waals surface area contributed by atoms with Crippen LogP contribution in [0.4, 0.5) is 4.79 Å². The lowest BCUT2D eigenvalue weighted by molar-refractivity contribution is -0.145. The molecule has 1 atom stereocenters. The first-order chi connectivity index (χ1) is 15.1. The van der Waals surface area contributed by atoms with Gasteiger partial charge in [-0.2, -0.15) is 0 Å². The van der Waals surface area contributed by atoms with Crippen LogP contribution in [0.1, 0.15) is 36.3 Å². The summed E-state index contributed by atoms with van der Waals surface area (Å²) in [6.07, 6.45) is 2.56. The highest BCUT2D eigenvalue weighted by Gasteiger charge is 2.44. The molecule has 2 aliphatic rings. The van der Waals surface area contributed by atoms with Crippen molar-refractivity contribution in [2.45, 2.75) is 31.2 Å². The third-order valence-electron chi connectivity index (χ3n) is 6.50. The van der Waals surface area contributed by atoms with E-state index in [9.17, 15) is 14.7 Å². The van der Waals surface area contributed by atoms with Crippen LogP contribution < -0.4 is 5.32 Å². The smallest absolute Gasteiger partial charge is 0.407 e. The van der Waals surface area contributed by atoms with Gasteiger partial charge in [-0.25, -0.2) is 9.59 Å². The number of alkyl carbamates (subject to hydrolysis) is 1. The van der Waals surface area contributed by atoms with Gasteiger partial charge in [0.2, 0.25) is 0 Å². The quantitative estimate of drug-likeness (QED) is 0.649. The van der Waals surface area contributed by atoms with Crippen LogP contribution in [0.5, 0.6) is 0 Å². The molecule has 31 heavy (non-hydrogen) atoms. The SMILES string of the molecule is C=CCC1([C@H](NC(=O)OCC2c3ccccc3-c3ccccc32)C(=O)O)CCOCC1. The predicted molar refractivity (Wildman–Crippen MR) is 117 cm³/mol. The topological polar surface area (TPSA) is 84.9 Å². The van der Waals surface area contributed by atoms with Gasteiger partial charge in [0.25, 0.3) is 0 Å². The summed E-state index contributed by atoms with van der Waals surface area (Å²) >= 11 is 0. The zero-order valence-electron chi connectivity index (χ0n) is 17.4. The number of carboxylic acids is 1. The van der Waals surface area contributed by atoms with E-state index >= 15 is 0 Å². The molecule has 4 rings (SSSR count). The van der Waals surface area contributed by atoms with Crippen molar-refractivity contribution < 1.29 is 24.2 Å². The Kier molecular flexibility index (Phi) is 6.09. The summed E-state index contributed by atoms with van der Waals surface area (Å²) in [4.78, 5) is 24.7. The van der Waals surface area contributed by atoms with Crippen molar-refractivity contribution in [2.75, 3.05) is 19.8 Å². The van der Waals surface area contributed by atoms with Gasteiger partial charge < -0.3 is 19.9 Å². The summed E-state index contributed by atoms with van der Waals surface area (Å²) < 4.78 is 11.0. The van der Waals surface area contributed by atoms with Gasteiger partial charge in [0, 0.05) is 24.5 Å². The van der Waals surface area contributed by atoms with E-state index in [1.165, 1.54) is 0 Å². The maximum Gasteiger partial charge on any atom is 0.407 e. The summed E-state index contributed by atoms with van der Waals surface area (Å²) in [6.45, 7) is 4.84. The summed E-state index contributed by atoms with van der Waals surface area (Å²) in [7, 11) is 0. The lowest BCUT2D eigenvalue weighted by Crippen LogP contribution is -2.54. The highest BCUT2D eigenvalue weighted by molar-refractivity contribution is 5.81. The van der Waals surface area contributed by atoms with Crippen LogP contribution >= 0.6 is 0 Å². The molecule has 1 saturated heterocycles. The van der Waals surface area contributed by atoms with Gasteiger partial charge in [0.1, 0.15) is 12.6 Å². The summed E-state index contributed by atoms with van der Waals surface area (Å²) in [5.41, 5.74) is 3.88. The van der Waals surface area contributed by atoms with E-state index in [-0.39, 0.29) is 12.5 Å². The van der Waals surface area contributed by atoms with Crippen molar-refractivity contribution in [3.05, 3.63) is 72.3 Å². The number of aliphatic carboxylic acids is 1. The molecule has 6 heteroatoms. The van der Waals surface area contributed by atoms with Crippen molar-refractivity contribution in [1.29, 1.82) is 0 Å². The number of ether oxygens (including phenoxy) is 2. The zero-order chi connectivity index (χ0) is 21.8. The van der Waals surface area contributed by atoms with Crippen molar-refractivity contribution in [3.63, 3.8) is 0 Å². The number of carbonyl (C=O) groups excluding carboxylic acids is 1. The Balaban J connectivity index is 1.48. The van der Waals surface area contributed by atoms with E-state index in [0.29, 0.717) is 32.5 Å². The first kappa shape index (κ1) is 21.1. The van der Waals surface area contributed by atoms with Crippen LogP contribution in [0.15, 0.2) is 61.2 Å². The molecule has 0 unspecified atom stereocenters. The number of allylic oxidation sites excluding steroid dienone is 1. The number of hydrogen-bond donors (Lipinski definition) is 2. The number of carbonyl (C=O) groups is 2. The van der Waals surface area contributed by atoms with E-state index in [2.05, 4.69) is 24.0 Å². The minimum atomic E-state index is -1.07. The summed E-state index contributed by atoms with van der Waals surface area (Å²) in [5.74, 6) is -1.15. The Morgan fingerprint density at radius 3 is 2.26 bits per heavy atom. The molecule has 2 N–H and O–H groups in total. The predicted octanol–water partition coefficient (Wildman–Crippen LogP) is 4.35. The van der Waals surface area contributed by atoms with Crippen LogP contribution in [-0.2, 0) is 14.3 Å². The second-order valence-corrected chi connectivity index (χ2v) is 8.21. The van der Waals surface area contributed by atoms with Crippen LogP contribution in [0.2, 0.25) is 0 Å². The van der Waals surface area contributed by atoms with Gasteiger partial charge >= 0.3 is 12.1 Å². The molecule has 2 aromatic rings. The van der Waals surface area contributed by atoms with Gasteiger partial charge in [-0.15, -0.1) is 6.58 Å². The summed E-state index contributed by atoms with van der Waals surface area (Å²) in [5, 5.41) is 12.5. The lowest BCUT2D eigenvalue weighted by atomic mass is 9.71. The first-order valence-corrected chi connectivity index (χ1v) is 10.6. The number of benzene rings is 2. The van der Waals surface area contributed by atoms with E-state index in [1.54, 1.807) is 6.08 Å². The molecule has 0 saturated carbocycles. The number of carboxylic acid groups (broad SMARTS) is 1. The second-order valence-electron chi connectivity index (χ2n) is 8.21. The molecule has 2 aromatic carbocycles. The molecule has 0 radical (unpaired) electrons. The molecule has 0 aromatic heterocycles. The van der Waals surface area contributed by atoms with E-state index in [1.807, 2.05) is 36.4 Å². The number of amides is 1. The first-order valence-electron chi connectivity index (χ1n) is 10.6. The maximum atomic E-state index is 12.7. The van der Waals surface area contributed by atoms with Gasteiger partial charge in [-0.05, 0) is 41.5 Å². The van der Waals surface area contributed by atoms with Crippen LogP contribution in [0.25, 0.3) is 11.1 Å². The highest BCUT2D eigenvalue weighted by Crippen LogP contribution is 2.44. The average molecular weight is 421 g/mol. The van der Waals surface area contributed by atoms with Crippen molar-refractivity contribution in [3.8, 4) is 11.1 Å². The monoisotopic (exact) mass is 421 g/mol. The lowest BCUT2D eigenvalue weighted by Gasteiger charge is -2.40. The molecular weight excluding hydrogens is 394 g/mol. The largest absolute Gasteiger partial charge is 0.480 e. The number of hydrogen-bond acceptors (Lipinski definition) is 4. The molecule has 1 heterocycles. The summed E-state index contributed by atoms with van der Waals surface area (Å²) in [6, 6.07) is 15.1. The molecular formula is C25H27NO5. The van der Waals surface area contributed by atoms with Gasteiger partial charge in [0.05, 0.1) is 0 Å². The van der Waals surface area contributed by atoms with Crippen molar-refractivity contribution >= 4 is 12.1 Å². The van der Waals surface area contributed by atoms with E-state index < -0.39 is 23.5 Å². The molecule has 1 fully saturated rings. The second kappa shape index (κ2) is 8.94. The molecule has 0 spiro atoms. The number of rotatable bonds is 7. The molecule has 1 aliphatic heterocycles. The number of nitrogens with one attached hydrogen (secondary N) is 1. The third kappa shape index (κ3) is 4.08. The van der Waals surface area contributed by atoms with Crippen LogP contribution in [0, 0.1) is 5.41 Å². The minimum absolute atomic E-state index is 0.0772. The van der Waals surface area contributed by atoms with Gasteiger partial charge in [0.15, 0.2) is 0 Å². The Labute approximate surface area is 181 Å². The Bertz CT molecular complexity index is 934. The fraction of sp³-hybridized carbons (Fsp3) is 0.360. The molecule has 1 amide bonds. The highest BCUT2D eigenvalue weighted by atomic mass is 16.5. The van der Waals surface area contributed by atoms with Crippen LogP contribution in [-0.4, -0.2) is 43.0 Å². The average Bonchev–Trinajstić information content (AvgIpc) is 3.10. The van der Waals surface area contributed by atoms with E-state index in [0.717, 1.165) is 22.3 Å². The standard InChI is InChI=1S/C25H27NO5/c1-2-11-25(12-14-30-15-13-25)22(23(27)28)26-24(29)31-16-21-19-9-5-3-7-17(19)18-8-4-6-10-20(18)21/h2-10,21-22H,1,11-16H2,(H,26,29)(H,27,28)/t22-/m1/s1. The van der Waals surface area contributed by atoms with Gasteiger partial charge in [-0.1, -0.05) is 54.6 Å². The van der Waals surface area contributed by atoms with E-state index in [4.69, 9.17) is 9.47 Å². The fourth-order valence-electron chi connectivity index (χ4n) is 4.91. The molecule has 162 valence electrons. The maximum absolute atomic E-state index is 12.7. The Morgan fingerprint density at radius 1 is 1.13 bits per heavy atom. The fourth-order valence-corrected chi connectivity index (χ4v) is 4.91. The zero-order valence-corrected chi connectivity index (χ0v) is 17.4. The molecule has 1 aliphatic carbocycles. The van der Waals surface area contributed by atoms with Crippen molar-refractivity contribution in [2.24, 2.45) is 5.41 Å². The molecule has 0 bridgehead atoms. The molecule has 6 nitrogen and oxygen atoms in total. The Morgan fingerprint density at radius 2 is 1.71 bits per heavy atom. The minimum Gasteiger partial charge on any atom is -0.480 e.